The summed E-state index contributed by atoms with van der Waals surface area (Å²) >= 11 is 0. The van der Waals surface area contributed by atoms with Gasteiger partial charge in [0.05, 0.1) is 33.5 Å². The van der Waals surface area contributed by atoms with Crippen molar-refractivity contribution in [2.75, 3.05) is 60.7 Å². The quantitative estimate of drug-likeness (QED) is 0.211. The number of hydrogen-bond donors (Lipinski definition) is 2. The molecule has 164 valence electrons. The van der Waals surface area contributed by atoms with E-state index >= 15 is 0 Å². The summed E-state index contributed by atoms with van der Waals surface area (Å²) in [4.78, 5) is 18.6. The Morgan fingerprint density at radius 3 is 2.62 bits per heavy atom. The topological polar surface area (TPSA) is 84.4 Å². The molecular weight excluding hydrogens is 487 g/mol. The number of nitrogens with zero attached hydrogens (tertiary/aromatic N) is 2. The summed E-state index contributed by atoms with van der Waals surface area (Å²) in [6.07, 6.45) is 1.05. The van der Waals surface area contributed by atoms with Crippen molar-refractivity contribution in [1.82, 2.24) is 15.5 Å². The van der Waals surface area contributed by atoms with Crippen LogP contribution in [-0.4, -0.2) is 77.5 Å². The average Bonchev–Trinajstić information content (AvgIpc) is 3.19. The molecule has 29 heavy (non-hydrogen) atoms. The van der Waals surface area contributed by atoms with Crippen molar-refractivity contribution >= 4 is 35.8 Å². The first-order valence-electron chi connectivity index (χ1n) is 9.58. The Hall–Kier alpha value is -1.59. The highest BCUT2D eigenvalue weighted by atomic mass is 127. The van der Waals surface area contributed by atoms with Gasteiger partial charge in [-0.1, -0.05) is 12.1 Å². The number of benzene rings is 1. The van der Waals surface area contributed by atoms with Crippen molar-refractivity contribution in [3.8, 4) is 5.75 Å². The van der Waals surface area contributed by atoms with Gasteiger partial charge in [0, 0.05) is 39.7 Å². The van der Waals surface area contributed by atoms with Crippen LogP contribution in [-0.2, 0) is 20.8 Å². The molecule has 1 fully saturated rings. The van der Waals surface area contributed by atoms with Gasteiger partial charge in [0.15, 0.2) is 5.96 Å². The Labute approximate surface area is 190 Å². The van der Waals surface area contributed by atoms with Gasteiger partial charge in [-0.25, -0.2) is 0 Å². The van der Waals surface area contributed by atoms with Crippen LogP contribution in [0.1, 0.15) is 12.0 Å². The maximum Gasteiger partial charge on any atom is 0.239 e. The zero-order valence-corrected chi connectivity index (χ0v) is 19.8. The van der Waals surface area contributed by atoms with Gasteiger partial charge >= 0.3 is 0 Å². The number of aliphatic imine (C=N–C) groups is 1. The Morgan fingerprint density at radius 2 is 1.97 bits per heavy atom. The molecule has 0 aromatic heterocycles. The van der Waals surface area contributed by atoms with Gasteiger partial charge < -0.3 is 29.7 Å². The fraction of sp³-hybridized carbons (Fsp3) is 0.600. The summed E-state index contributed by atoms with van der Waals surface area (Å²) in [5, 5.41) is 6.05. The third kappa shape index (κ3) is 9.18. The maximum atomic E-state index is 12.1. The molecule has 0 spiro atoms. The molecule has 1 aliphatic rings. The lowest BCUT2D eigenvalue weighted by atomic mass is 10.1. The highest BCUT2D eigenvalue weighted by Crippen LogP contribution is 2.16. The second kappa shape index (κ2) is 14.4. The Kier molecular flexibility index (Phi) is 12.6. The molecule has 9 heteroatoms. The van der Waals surface area contributed by atoms with Crippen molar-refractivity contribution in [3.05, 3.63) is 29.8 Å². The number of likely N-dealkylation sites (tertiary alicyclic amines) is 1. The second-order valence-corrected chi connectivity index (χ2v) is 6.69. The predicted octanol–water partition coefficient (Wildman–Crippen LogP) is 1.49. The molecular formula is C20H33IN4O4. The number of hydrogen-bond acceptors (Lipinski definition) is 5. The SMILES string of the molecule is CN=C(NCC(=O)NCc1ccc(OC)cc1)N1CCC(COCCOC)C1.I. The molecule has 0 radical (unpaired) electrons. The van der Waals surface area contributed by atoms with Gasteiger partial charge in [-0.15, -0.1) is 24.0 Å². The zero-order chi connectivity index (χ0) is 20.2. The minimum absolute atomic E-state index is 0. The van der Waals surface area contributed by atoms with Gasteiger partial charge in [0.1, 0.15) is 5.75 Å². The number of rotatable bonds is 10. The van der Waals surface area contributed by atoms with E-state index in [-0.39, 0.29) is 36.4 Å². The van der Waals surface area contributed by atoms with Gasteiger partial charge in [-0.05, 0) is 24.1 Å². The molecule has 1 saturated heterocycles. The lowest BCUT2D eigenvalue weighted by Gasteiger charge is -2.21. The Balaban J connectivity index is 0.00000420. The molecule has 1 unspecified atom stereocenters. The normalized spacial score (nSPS) is 16.3. The molecule has 8 nitrogen and oxygen atoms in total. The molecule has 2 rings (SSSR count). The second-order valence-electron chi connectivity index (χ2n) is 6.69. The molecule has 1 aliphatic heterocycles. The summed E-state index contributed by atoms with van der Waals surface area (Å²) in [6.45, 7) is 4.41. The van der Waals surface area contributed by atoms with Gasteiger partial charge in [0.2, 0.25) is 5.91 Å². The largest absolute Gasteiger partial charge is 0.497 e. The standard InChI is InChI=1S/C20H32N4O4.HI/c1-21-20(24-9-8-17(14-24)15-28-11-10-26-2)23-13-19(25)22-12-16-4-6-18(27-3)7-5-16;/h4-7,17H,8-15H2,1-3H3,(H,21,23)(H,22,25);1H. The number of halogens is 1. The summed E-state index contributed by atoms with van der Waals surface area (Å²) < 4.78 is 15.7. The third-order valence-corrected chi connectivity index (χ3v) is 4.64. The average molecular weight is 520 g/mol. The third-order valence-electron chi connectivity index (χ3n) is 4.64. The van der Waals surface area contributed by atoms with Crippen LogP contribution >= 0.6 is 24.0 Å². The number of amides is 1. The molecule has 2 N–H and O–H groups in total. The highest BCUT2D eigenvalue weighted by Gasteiger charge is 2.25. The highest BCUT2D eigenvalue weighted by molar-refractivity contribution is 14.0. The fourth-order valence-corrected chi connectivity index (χ4v) is 3.05. The first kappa shape index (κ1) is 25.4. The van der Waals surface area contributed by atoms with E-state index < -0.39 is 0 Å². The molecule has 0 aliphatic carbocycles. The van der Waals surface area contributed by atoms with Crippen LogP contribution in [0.5, 0.6) is 5.75 Å². The van der Waals surface area contributed by atoms with E-state index in [2.05, 4.69) is 20.5 Å². The number of carbonyl (C=O) groups is 1. The minimum Gasteiger partial charge on any atom is -0.497 e. The van der Waals surface area contributed by atoms with E-state index in [0.717, 1.165) is 43.4 Å². The van der Waals surface area contributed by atoms with Gasteiger partial charge in [-0.2, -0.15) is 0 Å². The van der Waals surface area contributed by atoms with Crippen LogP contribution < -0.4 is 15.4 Å². The first-order chi connectivity index (χ1) is 13.7. The van der Waals surface area contributed by atoms with E-state index in [1.165, 1.54) is 0 Å². The molecule has 1 aromatic rings. The molecule has 0 saturated carbocycles. The number of nitrogens with one attached hydrogen (secondary N) is 2. The molecule has 1 atom stereocenters. The van der Waals surface area contributed by atoms with Crippen molar-refractivity contribution in [3.63, 3.8) is 0 Å². The first-order valence-corrected chi connectivity index (χ1v) is 9.58. The van der Waals surface area contributed by atoms with Crippen molar-refractivity contribution in [2.45, 2.75) is 13.0 Å². The number of methoxy groups -OCH3 is 2. The van der Waals surface area contributed by atoms with Crippen LogP contribution in [0.25, 0.3) is 0 Å². The van der Waals surface area contributed by atoms with Crippen LogP contribution in [0.3, 0.4) is 0 Å². The van der Waals surface area contributed by atoms with E-state index in [4.69, 9.17) is 14.2 Å². The van der Waals surface area contributed by atoms with Crippen LogP contribution in [0.2, 0.25) is 0 Å². The number of carbonyl (C=O) groups excluding carboxylic acids is 1. The van der Waals surface area contributed by atoms with Crippen molar-refractivity contribution in [2.24, 2.45) is 10.9 Å². The van der Waals surface area contributed by atoms with Gasteiger partial charge in [0.25, 0.3) is 0 Å². The zero-order valence-electron chi connectivity index (χ0n) is 17.5. The minimum atomic E-state index is -0.0735. The Morgan fingerprint density at radius 1 is 1.21 bits per heavy atom. The summed E-state index contributed by atoms with van der Waals surface area (Å²) in [6, 6.07) is 7.63. The van der Waals surface area contributed by atoms with E-state index in [1.54, 1.807) is 21.3 Å². The van der Waals surface area contributed by atoms with Crippen LogP contribution in [0, 0.1) is 5.92 Å². The summed E-state index contributed by atoms with van der Waals surface area (Å²) in [5.74, 6) is 1.95. The number of guanidine groups is 1. The van der Waals surface area contributed by atoms with Crippen LogP contribution in [0.15, 0.2) is 29.3 Å². The molecule has 1 amide bonds. The lowest BCUT2D eigenvalue weighted by Crippen LogP contribution is -2.44. The van der Waals surface area contributed by atoms with E-state index in [9.17, 15) is 4.79 Å². The van der Waals surface area contributed by atoms with E-state index in [0.29, 0.717) is 25.7 Å². The van der Waals surface area contributed by atoms with Gasteiger partial charge in [-0.3, -0.25) is 9.79 Å². The monoisotopic (exact) mass is 520 g/mol. The summed E-state index contributed by atoms with van der Waals surface area (Å²) in [7, 11) is 5.04. The Bertz CT molecular complexity index is 627. The fourth-order valence-electron chi connectivity index (χ4n) is 3.05. The molecule has 1 heterocycles. The smallest absolute Gasteiger partial charge is 0.239 e. The van der Waals surface area contributed by atoms with Crippen molar-refractivity contribution < 1.29 is 19.0 Å². The maximum absolute atomic E-state index is 12.1. The van der Waals surface area contributed by atoms with E-state index in [1.807, 2.05) is 24.3 Å². The summed E-state index contributed by atoms with van der Waals surface area (Å²) in [5.41, 5.74) is 1.02. The van der Waals surface area contributed by atoms with Crippen LogP contribution in [0.4, 0.5) is 0 Å². The molecule has 1 aromatic carbocycles. The van der Waals surface area contributed by atoms with Crippen molar-refractivity contribution in [1.29, 1.82) is 0 Å². The number of ether oxygens (including phenoxy) is 3. The lowest BCUT2D eigenvalue weighted by molar-refractivity contribution is -0.120. The molecule has 0 bridgehead atoms. The predicted molar refractivity (Wildman–Crippen MR) is 124 cm³/mol.